The molecule has 130 valence electrons. The van der Waals surface area contributed by atoms with Crippen molar-refractivity contribution in [3.8, 4) is 0 Å². The zero-order chi connectivity index (χ0) is 18.0. The second kappa shape index (κ2) is 10.1. The van der Waals surface area contributed by atoms with E-state index in [4.69, 9.17) is 21.7 Å². The maximum Gasteiger partial charge on any atom is 0.326 e. The zero-order valence-electron chi connectivity index (χ0n) is 12.3. The van der Waals surface area contributed by atoms with Crippen molar-refractivity contribution >= 4 is 29.7 Å². The Kier molecular flexibility index (Phi) is 8.92. The SMILES string of the molecule is NC(=O)CC[C@H](NC(=O)CNC(=O)[C@@H](N)CCC(=O)O)C(=O)O. The predicted octanol–water partition coefficient (Wildman–Crippen LogP) is -2.87. The van der Waals surface area contributed by atoms with Gasteiger partial charge in [-0.2, -0.15) is 0 Å². The maximum atomic E-state index is 11.6. The van der Waals surface area contributed by atoms with Crippen LogP contribution in [0.4, 0.5) is 0 Å². The van der Waals surface area contributed by atoms with Crippen LogP contribution in [-0.2, 0) is 24.0 Å². The van der Waals surface area contributed by atoms with Crippen molar-refractivity contribution in [1.29, 1.82) is 0 Å². The highest BCUT2D eigenvalue weighted by molar-refractivity contribution is 5.89. The van der Waals surface area contributed by atoms with E-state index in [9.17, 15) is 24.0 Å². The van der Waals surface area contributed by atoms with Crippen molar-refractivity contribution in [2.45, 2.75) is 37.8 Å². The van der Waals surface area contributed by atoms with Gasteiger partial charge in [-0.15, -0.1) is 0 Å². The first-order valence-electron chi connectivity index (χ1n) is 6.69. The topological polar surface area (TPSA) is 202 Å². The van der Waals surface area contributed by atoms with E-state index in [-0.39, 0.29) is 25.7 Å². The van der Waals surface area contributed by atoms with Gasteiger partial charge in [0.05, 0.1) is 12.6 Å². The lowest BCUT2D eigenvalue weighted by molar-refractivity contribution is -0.142. The smallest absolute Gasteiger partial charge is 0.326 e. The summed E-state index contributed by atoms with van der Waals surface area (Å²) in [5, 5.41) is 21.6. The minimum absolute atomic E-state index is 0.0981. The number of carbonyl (C=O) groups is 5. The first-order valence-corrected chi connectivity index (χ1v) is 6.69. The van der Waals surface area contributed by atoms with Crippen LogP contribution in [0.15, 0.2) is 0 Å². The van der Waals surface area contributed by atoms with Crippen molar-refractivity contribution in [2.24, 2.45) is 11.5 Å². The fourth-order valence-electron chi connectivity index (χ4n) is 1.50. The van der Waals surface area contributed by atoms with Crippen LogP contribution in [0.25, 0.3) is 0 Å². The fourth-order valence-corrected chi connectivity index (χ4v) is 1.50. The minimum Gasteiger partial charge on any atom is -0.481 e. The second-order valence-corrected chi connectivity index (χ2v) is 4.72. The molecule has 0 unspecified atom stereocenters. The van der Waals surface area contributed by atoms with Crippen molar-refractivity contribution in [3.63, 3.8) is 0 Å². The molecule has 0 fully saturated rings. The number of nitrogens with one attached hydrogen (secondary N) is 2. The highest BCUT2D eigenvalue weighted by atomic mass is 16.4. The molecule has 0 aromatic rings. The van der Waals surface area contributed by atoms with Crippen LogP contribution >= 0.6 is 0 Å². The van der Waals surface area contributed by atoms with Crippen molar-refractivity contribution in [2.75, 3.05) is 6.54 Å². The first kappa shape index (κ1) is 20.3. The Balaban J connectivity index is 4.25. The third-order valence-electron chi connectivity index (χ3n) is 2.74. The lowest BCUT2D eigenvalue weighted by Gasteiger charge is -2.15. The van der Waals surface area contributed by atoms with Gasteiger partial charge in [-0.25, -0.2) is 4.79 Å². The van der Waals surface area contributed by atoms with Gasteiger partial charge in [-0.05, 0) is 12.8 Å². The monoisotopic (exact) mass is 332 g/mol. The van der Waals surface area contributed by atoms with E-state index in [1.54, 1.807) is 0 Å². The molecule has 0 aromatic heterocycles. The number of carboxylic acid groups (broad SMARTS) is 2. The van der Waals surface area contributed by atoms with E-state index < -0.39 is 48.3 Å². The zero-order valence-corrected chi connectivity index (χ0v) is 12.3. The van der Waals surface area contributed by atoms with E-state index >= 15 is 0 Å². The van der Waals surface area contributed by atoms with Crippen molar-refractivity contribution in [1.82, 2.24) is 10.6 Å². The lowest BCUT2D eigenvalue weighted by atomic mass is 10.1. The number of amides is 3. The highest BCUT2D eigenvalue weighted by Crippen LogP contribution is 1.97. The van der Waals surface area contributed by atoms with Gasteiger partial charge in [-0.1, -0.05) is 0 Å². The Morgan fingerprint density at radius 2 is 1.61 bits per heavy atom. The summed E-state index contributed by atoms with van der Waals surface area (Å²) in [6.45, 7) is -0.528. The van der Waals surface area contributed by atoms with Crippen molar-refractivity contribution in [3.05, 3.63) is 0 Å². The minimum atomic E-state index is -1.34. The van der Waals surface area contributed by atoms with Crippen molar-refractivity contribution < 1.29 is 34.2 Å². The summed E-state index contributed by atoms with van der Waals surface area (Å²) >= 11 is 0. The summed E-state index contributed by atoms with van der Waals surface area (Å²) in [6, 6.07) is -2.41. The van der Waals surface area contributed by atoms with Gasteiger partial charge >= 0.3 is 11.9 Å². The van der Waals surface area contributed by atoms with Crippen LogP contribution in [0.3, 0.4) is 0 Å². The molecule has 3 amide bonds. The quantitative estimate of drug-likeness (QED) is 0.231. The standard InChI is InChI=1S/C12H20N4O7/c13-6(1-4-10(19)20)11(21)15-5-9(18)16-7(12(22)23)2-3-8(14)17/h6-7H,1-5,13H2,(H2,14,17)(H,15,21)(H,16,18)(H,19,20)(H,22,23)/t6-,7-/m0/s1. The number of nitrogens with two attached hydrogens (primary N) is 2. The Labute approximate surface area is 131 Å². The van der Waals surface area contributed by atoms with Crippen LogP contribution in [0.5, 0.6) is 0 Å². The summed E-state index contributed by atoms with van der Waals surface area (Å²) in [7, 11) is 0. The van der Waals surface area contributed by atoms with Gasteiger partial charge < -0.3 is 32.3 Å². The molecule has 2 atom stereocenters. The fraction of sp³-hybridized carbons (Fsp3) is 0.583. The molecular formula is C12H20N4O7. The molecule has 0 aromatic carbocycles. The molecule has 0 aliphatic heterocycles. The van der Waals surface area contributed by atoms with Crippen LogP contribution in [0.1, 0.15) is 25.7 Å². The summed E-state index contributed by atoms with van der Waals surface area (Å²) in [5.41, 5.74) is 10.3. The highest BCUT2D eigenvalue weighted by Gasteiger charge is 2.21. The molecule has 8 N–H and O–H groups in total. The van der Waals surface area contributed by atoms with E-state index in [1.807, 2.05) is 0 Å². The molecule has 0 saturated carbocycles. The molecular weight excluding hydrogens is 312 g/mol. The number of primary amides is 1. The molecule has 0 rings (SSSR count). The van der Waals surface area contributed by atoms with Gasteiger partial charge in [0.1, 0.15) is 6.04 Å². The average Bonchev–Trinajstić information content (AvgIpc) is 2.45. The Hall–Kier alpha value is -2.69. The molecule has 0 saturated heterocycles. The van der Waals surface area contributed by atoms with E-state index in [0.29, 0.717) is 0 Å². The van der Waals surface area contributed by atoms with Gasteiger partial charge in [0.25, 0.3) is 0 Å². The summed E-state index contributed by atoms with van der Waals surface area (Å²) in [6.07, 6.45) is -0.791. The number of carboxylic acids is 2. The lowest BCUT2D eigenvalue weighted by Crippen LogP contribution is -2.48. The number of aliphatic carboxylic acids is 2. The maximum absolute atomic E-state index is 11.6. The van der Waals surface area contributed by atoms with E-state index in [2.05, 4.69) is 10.6 Å². The van der Waals surface area contributed by atoms with Gasteiger partial charge in [-0.3, -0.25) is 19.2 Å². The van der Waals surface area contributed by atoms with Crippen LogP contribution in [0.2, 0.25) is 0 Å². The van der Waals surface area contributed by atoms with E-state index in [0.717, 1.165) is 0 Å². The first-order chi connectivity index (χ1) is 10.6. The Morgan fingerprint density at radius 3 is 2.09 bits per heavy atom. The third kappa shape index (κ3) is 9.79. The molecule has 0 aliphatic carbocycles. The molecule has 0 radical (unpaired) electrons. The Bertz CT molecular complexity index is 480. The molecule has 11 nitrogen and oxygen atoms in total. The molecule has 11 heteroatoms. The summed E-state index contributed by atoms with van der Waals surface area (Å²) in [4.78, 5) is 54.9. The predicted molar refractivity (Wildman–Crippen MR) is 75.8 cm³/mol. The molecule has 0 spiro atoms. The average molecular weight is 332 g/mol. The van der Waals surface area contributed by atoms with Gasteiger partial charge in [0.2, 0.25) is 17.7 Å². The molecule has 0 bridgehead atoms. The summed E-state index contributed by atoms with van der Waals surface area (Å²) in [5.74, 6) is -4.68. The number of carbonyl (C=O) groups excluding carboxylic acids is 3. The molecule has 23 heavy (non-hydrogen) atoms. The number of hydrogen-bond donors (Lipinski definition) is 6. The summed E-state index contributed by atoms with van der Waals surface area (Å²) < 4.78 is 0. The molecule has 0 aliphatic rings. The molecule has 0 heterocycles. The Morgan fingerprint density at radius 1 is 1.00 bits per heavy atom. The second-order valence-electron chi connectivity index (χ2n) is 4.72. The van der Waals surface area contributed by atoms with Crippen LogP contribution in [0, 0.1) is 0 Å². The van der Waals surface area contributed by atoms with Crippen LogP contribution < -0.4 is 22.1 Å². The number of hydrogen-bond acceptors (Lipinski definition) is 6. The normalized spacial score (nSPS) is 12.7. The van der Waals surface area contributed by atoms with Gasteiger partial charge in [0.15, 0.2) is 0 Å². The van der Waals surface area contributed by atoms with Crippen LogP contribution in [-0.4, -0.2) is 58.5 Å². The third-order valence-corrected chi connectivity index (χ3v) is 2.74. The largest absolute Gasteiger partial charge is 0.481 e. The van der Waals surface area contributed by atoms with Gasteiger partial charge in [0, 0.05) is 12.8 Å². The van der Waals surface area contributed by atoms with E-state index in [1.165, 1.54) is 0 Å². The number of rotatable bonds is 11.